The van der Waals surface area contributed by atoms with Crippen LogP contribution in [-0.2, 0) is 6.54 Å². The predicted octanol–water partition coefficient (Wildman–Crippen LogP) is 6.55. The Morgan fingerprint density at radius 1 is 0.970 bits per heavy atom. The molecule has 1 aromatic heterocycles. The molecule has 0 aliphatic rings. The first-order valence-electron chi connectivity index (χ1n) is 10.9. The lowest BCUT2D eigenvalue weighted by Crippen LogP contribution is -2.31. The maximum atomic E-state index is 13.6. The van der Waals surface area contributed by atoms with E-state index in [2.05, 4.69) is 29.4 Å². The number of benzene rings is 3. The molecule has 33 heavy (non-hydrogen) atoms. The fraction of sp³-hybridized carbons (Fsp3) is 0.143. The second-order valence-electron chi connectivity index (χ2n) is 8.01. The number of halogens is 1. The van der Waals surface area contributed by atoms with Crippen LogP contribution in [0.5, 0.6) is 0 Å². The zero-order valence-electron chi connectivity index (χ0n) is 18.7. The van der Waals surface area contributed by atoms with E-state index in [9.17, 15) is 9.18 Å². The number of aryl methyl sites for hydroxylation is 1. The molecule has 4 nitrogen and oxygen atoms in total. The quantitative estimate of drug-likeness (QED) is 0.355. The van der Waals surface area contributed by atoms with Crippen LogP contribution < -0.4 is 10.2 Å². The molecule has 0 saturated carbocycles. The maximum Gasteiger partial charge on any atom is 0.258 e. The number of aromatic nitrogens is 1. The van der Waals surface area contributed by atoms with Crippen LogP contribution in [0.25, 0.3) is 0 Å². The molecule has 0 unspecified atom stereocenters. The van der Waals surface area contributed by atoms with Crippen molar-refractivity contribution in [2.75, 3.05) is 10.2 Å². The Hall–Kier alpha value is -3.99. The van der Waals surface area contributed by atoms with Crippen LogP contribution in [0, 0.1) is 12.7 Å². The molecule has 3 aromatic carbocycles. The number of nitrogens with zero attached hydrogens (tertiary/aromatic N) is 2. The van der Waals surface area contributed by atoms with Crippen LogP contribution in [0.3, 0.4) is 0 Å². The molecule has 0 fully saturated rings. The average molecular weight is 440 g/mol. The standard InChI is InChI=1S/C28H26FN3O/c1-20-8-6-7-11-26(20)28(33)32(19-22-12-14-24(29)15-13-22)25-16-17-30-27(18-25)31-21(2)23-9-4-3-5-10-23/h3-18,21H,19H2,1-2H3,(H,30,31)/t21-/m0/s1. The van der Waals surface area contributed by atoms with Crippen molar-refractivity contribution in [2.45, 2.75) is 26.4 Å². The molecule has 0 radical (unpaired) electrons. The number of pyridine rings is 1. The molecular formula is C28H26FN3O. The van der Waals surface area contributed by atoms with E-state index in [-0.39, 0.29) is 17.8 Å². The molecule has 4 aromatic rings. The van der Waals surface area contributed by atoms with E-state index in [0.29, 0.717) is 23.6 Å². The SMILES string of the molecule is Cc1ccccc1C(=O)N(Cc1ccc(F)cc1)c1ccnc(N[C@@H](C)c2ccccc2)c1. The summed E-state index contributed by atoms with van der Waals surface area (Å²) in [5.41, 5.74) is 4.22. The number of amides is 1. The lowest BCUT2D eigenvalue weighted by Gasteiger charge is -2.25. The van der Waals surface area contributed by atoms with Gasteiger partial charge in [0.1, 0.15) is 11.6 Å². The lowest BCUT2D eigenvalue weighted by atomic mass is 10.1. The molecule has 0 aliphatic carbocycles. The smallest absolute Gasteiger partial charge is 0.258 e. The van der Waals surface area contributed by atoms with E-state index in [4.69, 9.17) is 0 Å². The largest absolute Gasteiger partial charge is 0.363 e. The number of carbonyl (C=O) groups excluding carboxylic acids is 1. The van der Waals surface area contributed by atoms with Gasteiger partial charge in [0, 0.05) is 29.6 Å². The second kappa shape index (κ2) is 10.1. The molecule has 166 valence electrons. The number of nitrogens with one attached hydrogen (secondary N) is 1. The van der Waals surface area contributed by atoms with E-state index in [1.54, 1.807) is 23.2 Å². The van der Waals surface area contributed by atoms with Crippen molar-refractivity contribution in [2.24, 2.45) is 0 Å². The van der Waals surface area contributed by atoms with Gasteiger partial charge in [-0.3, -0.25) is 4.79 Å². The number of anilines is 2. The molecule has 1 N–H and O–H groups in total. The van der Waals surface area contributed by atoms with Crippen LogP contribution in [0.4, 0.5) is 15.9 Å². The van der Waals surface area contributed by atoms with Crippen LogP contribution in [-0.4, -0.2) is 10.9 Å². The summed E-state index contributed by atoms with van der Waals surface area (Å²) in [6.45, 7) is 4.30. The highest BCUT2D eigenvalue weighted by Gasteiger charge is 2.20. The van der Waals surface area contributed by atoms with Crippen molar-refractivity contribution in [1.29, 1.82) is 0 Å². The Bertz CT molecular complexity index is 1230. The van der Waals surface area contributed by atoms with Gasteiger partial charge in [-0.15, -0.1) is 0 Å². The molecule has 0 bridgehead atoms. The zero-order chi connectivity index (χ0) is 23.2. The molecule has 4 rings (SSSR count). The first kappa shape index (κ1) is 22.2. The van der Waals surface area contributed by atoms with Gasteiger partial charge in [-0.05, 0) is 54.8 Å². The third-order valence-corrected chi connectivity index (χ3v) is 5.59. The maximum absolute atomic E-state index is 13.6. The summed E-state index contributed by atoms with van der Waals surface area (Å²) in [6, 6.07) is 27.6. The highest BCUT2D eigenvalue weighted by atomic mass is 19.1. The van der Waals surface area contributed by atoms with Gasteiger partial charge in [-0.1, -0.05) is 60.7 Å². The van der Waals surface area contributed by atoms with E-state index in [1.165, 1.54) is 12.1 Å². The van der Waals surface area contributed by atoms with Crippen molar-refractivity contribution in [3.8, 4) is 0 Å². The van der Waals surface area contributed by atoms with Gasteiger partial charge < -0.3 is 10.2 Å². The first-order valence-corrected chi connectivity index (χ1v) is 10.9. The van der Waals surface area contributed by atoms with Gasteiger partial charge in [0.15, 0.2) is 0 Å². The van der Waals surface area contributed by atoms with Crippen molar-refractivity contribution in [1.82, 2.24) is 4.98 Å². The topological polar surface area (TPSA) is 45.2 Å². The highest BCUT2D eigenvalue weighted by Crippen LogP contribution is 2.25. The van der Waals surface area contributed by atoms with E-state index in [0.717, 1.165) is 16.7 Å². The first-order chi connectivity index (χ1) is 16.0. The number of rotatable bonds is 7. The third kappa shape index (κ3) is 5.44. The Morgan fingerprint density at radius 3 is 2.39 bits per heavy atom. The molecule has 1 atom stereocenters. The Labute approximate surface area is 193 Å². The van der Waals surface area contributed by atoms with Gasteiger partial charge in [0.2, 0.25) is 0 Å². The molecule has 5 heteroatoms. The average Bonchev–Trinajstić information content (AvgIpc) is 2.84. The molecule has 1 heterocycles. The van der Waals surface area contributed by atoms with Crippen molar-refractivity contribution >= 4 is 17.4 Å². The molecular weight excluding hydrogens is 413 g/mol. The van der Waals surface area contributed by atoms with Crippen LogP contribution in [0.15, 0.2) is 97.2 Å². The summed E-state index contributed by atoms with van der Waals surface area (Å²) in [5.74, 6) is 0.247. The van der Waals surface area contributed by atoms with E-state index < -0.39 is 0 Å². The van der Waals surface area contributed by atoms with Gasteiger partial charge >= 0.3 is 0 Å². The summed E-state index contributed by atoms with van der Waals surface area (Å²) in [6.07, 6.45) is 1.69. The Kier molecular flexibility index (Phi) is 6.79. The highest BCUT2D eigenvalue weighted by molar-refractivity contribution is 6.07. The summed E-state index contributed by atoms with van der Waals surface area (Å²) in [7, 11) is 0. The second-order valence-corrected chi connectivity index (χ2v) is 8.01. The lowest BCUT2D eigenvalue weighted by molar-refractivity contribution is 0.0984. The molecule has 0 aliphatic heterocycles. The van der Waals surface area contributed by atoms with Gasteiger partial charge in [0.05, 0.1) is 6.54 Å². The Morgan fingerprint density at radius 2 is 1.67 bits per heavy atom. The van der Waals surface area contributed by atoms with Crippen LogP contribution >= 0.6 is 0 Å². The van der Waals surface area contributed by atoms with Crippen LogP contribution in [0.2, 0.25) is 0 Å². The summed E-state index contributed by atoms with van der Waals surface area (Å²) in [5, 5.41) is 3.42. The minimum absolute atomic E-state index is 0.0477. The monoisotopic (exact) mass is 439 g/mol. The minimum Gasteiger partial charge on any atom is -0.363 e. The van der Waals surface area contributed by atoms with E-state index >= 15 is 0 Å². The fourth-order valence-corrected chi connectivity index (χ4v) is 3.72. The molecule has 1 amide bonds. The molecule has 0 spiro atoms. The van der Waals surface area contributed by atoms with Crippen molar-refractivity contribution in [3.05, 3.63) is 125 Å². The van der Waals surface area contributed by atoms with Crippen molar-refractivity contribution < 1.29 is 9.18 Å². The summed E-state index contributed by atoms with van der Waals surface area (Å²) in [4.78, 5) is 19.8. The minimum atomic E-state index is -0.305. The predicted molar refractivity (Wildman–Crippen MR) is 131 cm³/mol. The zero-order valence-corrected chi connectivity index (χ0v) is 18.7. The number of hydrogen-bond donors (Lipinski definition) is 1. The third-order valence-electron chi connectivity index (χ3n) is 5.59. The summed E-state index contributed by atoms with van der Waals surface area (Å²) < 4.78 is 13.4. The van der Waals surface area contributed by atoms with Gasteiger partial charge in [-0.2, -0.15) is 0 Å². The summed E-state index contributed by atoms with van der Waals surface area (Å²) >= 11 is 0. The van der Waals surface area contributed by atoms with E-state index in [1.807, 2.05) is 61.5 Å². The number of hydrogen-bond acceptors (Lipinski definition) is 3. The van der Waals surface area contributed by atoms with Gasteiger partial charge in [0.25, 0.3) is 5.91 Å². The normalized spacial score (nSPS) is 11.6. The molecule has 0 saturated heterocycles. The van der Waals surface area contributed by atoms with Crippen molar-refractivity contribution in [3.63, 3.8) is 0 Å². The van der Waals surface area contributed by atoms with Crippen LogP contribution in [0.1, 0.15) is 40.0 Å². The number of carbonyl (C=O) groups is 1. The Balaban J connectivity index is 1.66. The van der Waals surface area contributed by atoms with Gasteiger partial charge in [-0.25, -0.2) is 9.37 Å². The fourth-order valence-electron chi connectivity index (χ4n) is 3.72.